The molecule has 0 aliphatic carbocycles. The van der Waals surface area contributed by atoms with Crippen LogP contribution in [0.2, 0.25) is 0 Å². The predicted molar refractivity (Wildman–Crippen MR) is 49.6 cm³/mol. The van der Waals surface area contributed by atoms with Crippen LogP contribution in [0.25, 0.3) is 0 Å². The van der Waals surface area contributed by atoms with E-state index in [0.29, 0.717) is 0 Å². The van der Waals surface area contributed by atoms with E-state index in [-0.39, 0.29) is 18.1 Å². The van der Waals surface area contributed by atoms with Crippen molar-refractivity contribution in [3.8, 4) is 0 Å². The molecule has 1 fully saturated rings. The third kappa shape index (κ3) is 2.23. The smallest absolute Gasteiger partial charge is 0.217 e. The number of aliphatic hydroxyl groups excluding tert-OH is 2. The molecule has 1 aliphatic rings. The molecule has 1 heterocycles. The lowest BCUT2D eigenvalue weighted by Crippen LogP contribution is -2.62. The number of carbonyl (C=O) groups excluding carboxylic acids is 1. The Bertz CT molecular complexity index is 207. The van der Waals surface area contributed by atoms with Crippen molar-refractivity contribution in [1.82, 2.24) is 5.32 Å². The first kappa shape index (κ1) is 11.4. The summed E-state index contributed by atoms with van der Waals surface area (Å²) in [6, 6.07) is -0.647. The number of hydrogen-bond acceptors (Lipinski definition) is 4. The van der Waals surface area contributed by atoms with E-state index in [9.17, 15) is 15.0 Å². The van der Waals surface area contributed by atoms with Gasteiger partial charge in [0, 0.05) is 6.92 Å². The maximum absolute atomic E-state index is 10.8. The number of carbonyl (C=O) groups is 1. The highest BCUT2D eigenvalue weighted by atomic mass is 16.5. The van der Waals surface area contributed by atoms with Crippen molar-refractivity contribution < 1.29 is 19.7 Å². The fourth-order valence-corrected chi connectivity index (χ4v) is 1.69. The van der Waals surface area contributed by atoms with Gasteiger partial charge in [-0.1, -0.05) is 0 Å². The van der Waals surface area contributed by atoms with E-state index >= 15 is 0 Å². The van der Waals surface area contributed by atoms with Crippen LogP contribution >= 0.6 is 0 Å². The van der Waals surface area contributed by atoms with Gasteiger partial charge in [-0.15, -0.1) is 0 Å². The number of hydrogen-bond donors (Lipinski definition) is 3. The molecule has 1 rings (SSSR count). The van der Waals surface area contributed by atoms with Gasteiger partial charge in [0.15, 0.2) is 0 Å². The summed E-state index contributed by atoms with van der Waals surface area (Å²) in [6.07, 6.45) is -2.51. The van der Waals surface area contributed by atoms with E-state index in [4.69, 9.17) is 4.74 Å². The summed E-state index contributed by atoms with van der Waals surface area (Å²) in [5.74, 6) is -0.269. The van der Waals surface area contributed by atoms with Crippen molar-refractivity contribution in [1.29, 1.82) is 0 Å². The van der Waals surface area contributed by atoms with E-state index in [1.54, 1.807) is 13.8 Å². The quantitative estimate of drug-likeness (QED) is 0.512. The van der Waals surface area contributed by atoms with Gasteiger partial charge in [0.2, 0.25) is 5.91 Å². The minimum Gasteiger partial charge on any atom is -0.388 e. The second kappa shape index (κ2) is 4.25. The van der Waals surface area contributed by atoms with Gasteiger partial charge in [-0.2, -0.15) is 0 Å². The van der Waals surface area contributed by atoms with Crippen LogP contribution in [0.15, 0.2) is 0 Å². The second-order valence-corrected chi connectivity index (χ2v) is 3.75. The molecule has 0 aromatic rings. The Kier molecular flexibility index (Phi) is 3.47. The van der Waals surface area contributed by atoms with E-state index in [1.165, 1.54) is 6.92 Å². The lowest BCUT2D eigenvalue weighted by molar-refractivity contribution is -0.174. The molecular formula is C9H17NO4. The Balaban J connectivity index is 2.71. The molecule has 0 aromatic carbocycles. The lowest BCUT2D eigenvalue weighted by Gasteiger charge is -2.40. The highest BCUT2D eigenvalue weighted by Crippen LogP contribution is 2.20. The van der Waals surface area contributed by atoms with Gasteiger partial charge in [0.25, 0.3) is 0 Å². The minimum absolute atomic E-state index is 0.269. The van der Waals surface area contributed by atoms with Crippen LogP contribution in [-0.2, 0) is 9.53 Å². The van der Waals surface area contributed by atoms with Crippen LogP contribution in [-0.4, -0.2) is 46.6 Å². The second-order valence-electron chi connectivity index (χ2n) is 3.75. The van der Waals surface area contributed by atoms with Crippen molar-refractivity contribution in [2.45, 2.75) is 51.2 Å². The lowest BCUT2D eigenvalue weighted by atomic mass is 9.94. The predicted octanol–water partition coefficient (Wildman–Crippen LogP) is -0.980. The minimum atomic E-state index is -0.870. The third-order valence-corrected chi connectivity index (χ3v) is 2.50. The molecule has 0 aromatic heterocycles. The number of rotatable bonds is 1. The first-order valence-corrected chi connectivity index (χ1v) is 4.72. The van der Waals surface area contributed by atoms with Crippen LogP contribution in [0.4, 0.5) is 0 Å². The van der Waals surface area contributed by atoms with Crippen LogP contribution in [0.5, 0.6) is 0 Å². The van der Waals surface area contributed by atoms with Gasteiger partial charge in [0.1, 0.15) is 12.2 Å². The molecule has 1 aliphatic heterocycles. The maximum Gasteiger partial charge on any atom is 0.217 e. The Labute approximate surface area is 83.1 Å². The van der Waals surface area contributed by atoms with Gasteiger partial charge in [-0.25, -0.2) is 0 Å². The summed E-state index contributed by atoms with van der Waals surface area (Å²) in [5, 5.41) is 21.9. The summed E-state index contributed by atoms with van der Waals surface area (Å²) in [4.78, 5) is 10.8. The van der Waals surface area contributed by atoms with E-state index in [1.807, 2.05) is 0 Å². The molecule has 0 radical (unpaired) electrons. The molecule has 1 amide bonds. The van der Waals surface area contributed by atoms with Crippen LogP contribution in [0.1, 0.15) is 20.8 Å². The van der Waals surface area contributed by atoms with Gasteiger partial charge >= 0.3 is 0 Å². The fourth-order valence-electron chi connectivity index (χ4n) is 1.69. The summed E-state index contributed by atoms with van der Waals surface area (Å²) in [6.45, 7) is 4.77. The van der Waals surface area contributed by atoms with Crippen LogP contribution < -0.4 is 5.32 Å². The maximum atomic E-state index is 10.8. The molecule has 14 heavy (non-hydrogen) atoms. The number of aliphatic hydroxyl groups is 2. The highest BCUT2D eigenvalue weighted by molar-refractivity contribution is 5.73. The molecule has 0 bridgehead atoms. The Morgan fingerprint density at radius 1 is 1.21 bits per heavy atom. The zero-order valence-electron chi connectivity index (χ0n) is 8.60. The molecule has 5 heteroatoms. The van der Waals surface area contributed by atoms with E-state index in [2.05, 4.69) is 5.32 Å². The Hall–Kier alpha value is -0.650. The zero-order valence-corrected chi connectivity index (χ0v) is 8.60. The number of ether oxygens (including phenoxy) is 1. The topological polar surface area (TPSA) is 78.8 Å². The summed E-state index contributed by atoms with van der Waals surface area (Å²) in [5.41, 5.74) is 0. The third-order valence-electron chi connectivity index (χ3n) is 2.50. The number of nitrogens with one attached hydrogen (secondary N) is 1. The van der Waals surface area contributed by atoms with Gasteiger partial charge in [0.05, 0.1) is 18.2 Å². The van der Waals surface area contributed by atoms with Gasteiger partial charge in [-0.3, -0.25) is 4.79 Å². The molecule has 0 spiro atoms. The van der Waals surface area contributed by atoms with Crippen LogP contribution in [0.3, 0.4) is 0 Å². The Morgan fingerprint density at radius 3 is 2.00 bits per heavy atom. The summed E-state index contributed by atoms with van der Waals surface area (Å²) < 4.78 is 5.27. The Morgan fingerprint density at radius 2 is 1.64 bits per heavy atom. The van der Waals surface area contributed by atoms with Crippen molar-refractivity contribution in [3.05, 3.63) is 0 Å². The van der Waals surface area contributed by atoms with E-state index < -0.39 is 18.2 Å². The van der Waals surface area contributed by atoms with Crippen molar-refractivity contribution in [2.24, 2.45) is 0 Å². The van der Waals surface area contributed by atoms with Crippen LogP contribution in [0, 0.1) is 0 Å². The average Bonchev–Trinajstić information content (AvgIpc) is 2.09. The monoisotopic (exact) mass is 203 g/mol. The SMILES string of the molecule is CC(=O)NC1C(O)[C@H](C)OC(C)[C@@H]1O. The molecule has 1 saturated heterocycles. The number of amides is 1. The van der Waals surface area contributed by atoms with E-state index in [0.717, 1.165) is 0 Å². The van der Waals surface area contributed by atoms with Gasteiger partial charge < -0.3 is 20.3 Å². The molecule has 3 N–H and O–H groups in total. The van der Waals surface area contributed by atoms with Crippen molar-refractivity contribution in [2.75, 3.05) is 0 Å². The first-order valence-electron chi connectivity index (χ1n) is 4.72. The normalized spacial score (nSPS) is 43.4. The summed E-state index contributed by atoms with van der Waals surface area (Å²) in [7, 11) is 0. The highest BCUT2D eigenvalue weighted by Gasteiger charge is 2.40. The fraction of sp³-hybridized carbons (Fsp3) is 0.889. The molecule has 0 saturated carbocycles. The molecule has 5 nitrogen and oxygen atoms in total. The molecule has 5 atom stereocenters. The summed E-state index contributed by atoms with van der Waals surface area (Å²) >= 11 is 0. The average molecular weight is 203 g/mol. The van der Waals surface area contributed by atoms with Crippen molar-refractivity contribution >= 4 is 5.91 Å². The molecule has 82 valence electrons. The largest absolute Gasteiger partial charge is 0.388 e. The van der Waals surface area contributed by atoms with Crippen molar-refractivity contribution in [3.63, 3.8) is 0 Å². The molecular weight excluding hydrogens is 186 g/mol. The standard InChI is InChI=1S/C9H17NO4/c1-4-8(12)7(10-6(3)11)9(13)5(2)14-4/h4-5,7-9,12-13H,1-3H3,(H,10,11)/t4-,5?,7?,8?,9-/m0/s1. The molecule has 3 unspecified atom stereocenters. The van der Waals surface area contributed by atoms with Gasteiger partial charge in [-0.05, 0) is 13.8 Å². The zero-order chi connectivity index (χ0) is 10.9. The first-order chi connectivity index (χ1) is 6.43.